The van der Waals surface area contributed by atoms with E-state index in [4.69, 9.17) is 16.3 Å². The zero-order valence-electron chi connectivity index (χ0n) is 20.7. The Morgan fingerprint density at radius 2 is 1.79 bits per heavy atom. The average molecular weight is 562 g/mol. The van der Waals surface area contributed by atoms with E-state index < -0.39 is 21.5 Å². The summed E-state index contributed by atoms with van der Waals surface area (Å²) >= 11 is 6.34. The minimum Gasteiger partial charge on any atom is -0.494 e. The van der Waals surface area contributed by atoms with Crippen LogP contribution in [0, 0.1) is 17.0 Å². The molecule has 8 nitrogen and oxygen atoms in total. The summed E-state index contributed by atoms with van der Waals surface area (Å²) in [6.45, 7) is 2.48. The molecule has 0 bridgehead atoms. The SMILES string of the molecule is COc1cc(N2CC3(CC(c4nnc5n4-c4ccc(Cl)cc4CN(C4CS(=O)(=O)C4)C5)C3)C2)c(F)cc1F. The number of anilines is 1. The highest BCUT2D eigenvalue weighted by Crippen LogP contribution is 2.57. The number of hydrogen-bond donors (Lipinski definition) is 0. The van der Waals surface area contributed by atoms with Gasteiger partial charge in [0.2, 0.25) is 0 Å². The van der Waals surface area contributed by atoms with Gasteiger partial charge in [-0.15, -0.1) is 10.2 Å². The van der Waals surface area contributed by atoms with Gasteiger partial charge in [-0.2, -0.15) is 0 Å². The second kappa shape index (κ2) is 8.37. The van der Waals surface area contributed by atoms with Gasteiger partial charge in [-0.3, -0.25) is 9.47 Å². The highest BCUT2D eigenvalue weighted by atomic mass is 35.5. The third-order valence-corrected chi connectivity index (χ3v) is 10.5. The van der Waals surface area contributed by atoms with Gasteiger partial charge in [0.1, 0.15) is 11.6 Å². The van der Waals surface area contributed by atoms with Crippen molar-refractivity contribution in [1.82, 2.24) is 19.7 Å². The summed E-state index contributed by atoms with van der Waals surface area (Å²) in [5, 5.41) is 9.77. The van der Waals surface area contributed by atoms with Crippen molar-refractivity contribution in [2.24, 2.45) is 5.41 Å². The molecule has 2 aromatic carbocycles. The van der Waals surface area contributed by atoms with E-state index >= 15 is 0 Å². The van der Waals surface area contributed by atoms with Crippen LogP contribution >= 0.6 is 11.6 Å². The third-order valence-electron chi connectivity index (χ3n) is 8.50. The van der Waals surface area contributed by atoms with Gasteiger partial charge in [-0.05, 0) is 36.6 Å². The van der Waals surface area contributed by atoms with Gasteiger partial charge >= 0.3 is 0 Å². The number of benzene rings is 2. The molecule has 38 heavy (non-hydrogen) atoms. The molecular weight excluding hydrogens is 536 g/mol. The second-order valence-electron chi connectivity index (χ2n) is 11.1. The molecule has 3 fully saturated rings. The van der Waals surface area contributed by atoms with E-state index in [1.54, 1.807) is 0 Å². The van der Waals surface area contributed by atoms with Crippen LogP contribution in [0.15, 0.2) is 30.3 Å². The second-order valence-corrected chi connectivity index (χ2v) is 13.7. The molecule has 3 aliphatic heterocycles. The third kappa shape index (κ3) is 3.81. The number of ether oxygens (including phenoxy) is 1. The van der Waals surface area contributed by atoms with Crippen molar-refractivity contribution in [2.45, 2.75) is 37.9 Å². The number of methoxy groups -OCH3 is 1. The minimum absolute atomic E-state index is 0.0345. The highest BCUT2D eigenvalue weighted by molar-refractivity contribution is 7.92. The van der Waals surface area contributed by atoms with E-state index in [9.17, 15) is 17.2 Å². The maximum absolute atomic E-state index is 14.5. The highest BCUT2D eigenvalue weighted by Gasteiger charge is 2.54. The van der Waals surface area contributed by atoms with E-state index in [1.165, 1.54) is 13.2 Å². The number of fused-ring (bicyclic) bond motifs is 3. The van der Waals surface area contributed by atoms with Crippen LogP contribution in [0.25, 0.3) is 5.69 Å². The molecule has 3 aromatic rings. The van der Waals surface area contributed by atoms with Crippen LogP contribution < -0.4 is 9.64 Å². The summed E-state index contributed by atoms with van der Waals surface area (Å²) in [6.07, 6.45) is 1.80. The van der Waals surface area contributed by atoms with Crippen molar-refractivity contribution in [3.63, 3.8) is 0 Å². The molecule has 0 atom stereocenters. The average Bonchev–Trinajstić information content (AvgIpc) is 3.11. The molecule has 1 spiro atoms. The fourth-order valence-corrected chi connectivity index (χ4v) is 8.29. The van der Waals surface area contributed by atoms with Gasteiger partial charge in [0.15, 0.2) is 27.2 Å². The molecule has 12 heteroatoms. The van der Waals surface area contributed by atoms with Gasteiger partial charge in [0.05, 0.1) is 36.5 Å². The van der Waals surface area contributed by atoms with E-state index in [0.29, 0.717) is 36.9 Å². The van der Waals surface area contributed by atoms with E-state index in [1.807, 2.05) is 23.1 Å². The Morgan fingerprint density at radius 3 is 2.50 bits per heavy atom. The summed E-state index contributed by atoms with van der Waals surface area (Å²) in [5.74, 6) is 0.943. The van der Waals surface area contributed by atoms with Crippen LogP contribution in [-0.4, -0.2) is 65.8 Å². The molecule has 1 aromatic heterocycles. The molecule has 1 saturated carbocycles. The molecule has 7 rings (SSSR count). The molecule has 0 amide bonds. The Morgan fingerprint density at radius 1 is 1.03 bits per heavy atom. The molecule has 2 saturated heterocycles. The Labute approximate surface area is 224 Å². The molecule has 4 aliphatic rings. The summed E-state index contributed by atoms with van der Waals surface area (Å²) in [6, 6.07) is 8.03. The zero-order chi connectivity index (χ0) is 26.4. The smallest absolute Gasteiger partial charge is 0.168 e. The van der Waals surface area contributed by atoms with E-state index in [-0.39, 0.29) is 34.6 Å². The largest absolute Gasteiger partial charge is 0.494 e. The standard InChI is InChI=1S/C26H26ClF2N5O3S/c1-37-23-6-22(19(28)5-20(23)29)33-13-26(14-33)7-16(8-26)25-31-30-24-10-32(18-11-38(35,36)12-18)9-15-4-17(27)2-3-21(15)34(24)25/h2-6,16,18H,7-14H2,1H3. The fourth-order valence-electron chi connectivity index (χ4n) is 6.60. The first-order valence-corrected chi connectivity index (χ1v) is 14.8. The monoisotopic (exact) mass is 561 g/mol. The van der Waals surface area contributed by atoms with E-state index in [0.717, 1.165) is 41.8 Å². The lowest BCUT2D eigenvalue weighted by atomic mass is 9.57. The Kier molecular flexibility index (Phi) is 5.35. The molecule has 0 radical (unpaired) electrons. The lowest BCUT2D eigenvalue weighted by molar-refractivity contribution is 0.0582. The predicted molar refractivity (Wildman–Crippen MR) is 138 cm³/mol. The van der Waals surface area contributed by atoms with Gasteiger partial charge in [0, 0.05) is 54.2 Å². The predicted octanol–water partition coefficient (Wildman–Crippen LogP) is 3.70. The van der Waals surface area contributed by atoms with Crippen LogP contribution in [-0.2, 0) is 22.9 Å². The summed E-state index contributed by atoms with van der Waals surface area (Å²) in [7, 11) is -1.59. The summed E-state index contributed by atoms with van der Waals surface area (Å²) in [4.78, 5) is 4.09. The number of aromatic nitrogens is 3. The molecule has 0 N–H and O–H groups in total. The number of halogens is 3. The Bertz CT molecular complexity index is 1550. The first-order valence-electron chi connectivity index (χ1n) is 12.6. The van der Waals surface area contributed by atoms with Crippen LogP contribution in [0.5, 0.6) is 5.75 Å². The van der Waals surface area contributed by atoms with Crippen molar-refractivity contribution in [3.05, 3.63) is 64.2 Å². The molecular formula is C26H26ClF2N5O3S. The Hall–Kier alpha value is -2.76. The number of sulfone groups is 1. The minimum atomic E-state index is -2.96. The van der Waals surface area contributed by atoms with Crippen molar-refractivity contribution in [3.8, 4) is 11.4 Å². The van der Waals surface area contributed by atoms with Crippen LogP contribution in [0.1, 0.15) is 36.0 Å². The van der Waals surface area contributed by atoms with Gasteiger partial charge < -0.3 is 9.64 Å². The van der Waals surface area contributed by atoms with Crippen molar-refractivity contribution >= 4 is 27.1 Å². The van der Waals surface area contributed by atoms with Gasteiger partial charge in [-0.1, -0.05) is 11.6 Å². The lowest BCUT2D eigenvalue weighted by Gasteiger charge is -2.59. The molecule has 4 heterocycles. The lowest BCUT2D eigenvalue weighted by Crippen LogP contribution is -2.62. The van der Waals surface area contributed by atoms with Crippen LogP contribution in [0.4, 0.5) is 14.5 Å². The quantitative estimate of drug-likeness (QED) is 0.480. The van der Waals surface area contributed by atoms with Crippen molar-refractivity contribution < 1.29 is 21.9 Å². The van der Waals surface area contributed by atoms with Gasteiger partial charge in [-0.25, -0.2) is 17.2 Å². The first-order chi connectivity index (χ1) is 18.1. The zero-order valence-corrected chi connectivity index (χ0v) is 22.3. The maximum Gasteiger partial charge on any atom is 0.168 e. The number of hydrogen-bond acceptors (Lipinski definition) is 7. The number of nitrogens with zero attached hydrogens (tertiary/aromatic N) is 5. The van der Waals surface area contributed by atoms with Crippen LogP contribution in [0.2, 0.25) is 5.02 Å². The van der Waals surface area contributed by atoms with Gasteiger partial charge in [0.25, 0.3) is 0 Å². The normalized spacial score (nSPS) is 22.2. The molecule has 1 aliphatic carbocycles. The topological polar surface area (TPSA) is 80.6 Å². The van der Waals surface area contributed by atoms with Crippen LogP contribution in [0.3, 0.4) is 0 Å². The van der Waals surface area contributed by atoms with Crippen molar-refractivity contribution in [2.75, 3.05) is 36.6 Å². The summed E-state index contributed by atoms with van der Waals surface area (Å²) in [5.41, 5.74) is 2.42. The summed E-state index contributed by atoms with van der Waals surface area (Å²) < 4.78 is 59.2. The maximum atomic E-state index is 14.5. The molecule has 200 valence electrons. The fraction of sp³-hybridized carbons (Fsp3) is 0.462. The van der Waals surface area contributed by atoms with Crippen molar-refractivity contribution in [1.29, 1.82) is 0 Å². The van der Waals surface area contributed by atoms with E-state index in [2.05, 4.69) is 19.7 Å². The molecule has 0 unspecified atom stereocenters. The number of rotatable bonds is 4. The first kappa shape index (κ1) is 24.3. The Balaban J connectivity index is 1.12.